The maximum absolute atomic E-state index is 13.4. The number of nitrogens with zero attached hydrogens (tertiary/aromatic N) is 3. The Labute approximate surface area is 188 Å². The van der Waals surface area contributed by atoms with Gasteiger partial charge in [-0.15, -0.1) is 0 Å². The number of ether oxygens (including phenoxy) is 1. The van der Waals surface area contributed by atoms with Crippen LogP contribution in [0.4, 0.5) is 4.79 Å². The number of carbonyl (C=O) groups is 1. The van der Waals surface area contributed by atoms with Crippen LogP contribution in [0.1, 0.15) is 36.2 Å². The van der Waals surface area contributed by atoms with Gasteiger partial charge in [-0.2, -0.15) is 0 Å². The molecular formula is C26H30N4O2. The zero-order chi connectivity index (χ0) is 21.8. The van der Waals surface area contributed by atoms with Crippen molar-refractivity contribution in [1.29, 1.82) is 0 Å². The molecule has 2 unspecified atom stereocenters. The quantitative estimate of drug-likeness (QED) is 0.598. The number of aryl methyl sites for hydroxylation is 2. The first-order valence-corrected chi connectivity index (χ1v) is 11.8. The second kappa shape index (κ2) is 7.54. The zero-order valence-electron chi connectivity index (χ0n) is 18.9. The molecule has 3 heterocycles. The molecule has 2 aromatic carbocycles. The van der Waals surface area contributed by atoms with Crippen LogP contribution in [0.2, 0.25) is 0 Å². The van der Waals surface area contributed by atoms with E-state index in [0.29, 0.717) is 31.5 Å². The second-order valence-corrected chi connectivity index (χ2v) is 9.74. The third-order valence-corrected chi connectivity index (χ3v) is 7.52. The Hall–Kier alpha value is -3.02. The van der Waals surface area contributed by atoms with Gasteiger partial charge in [0.15, 0.2) is 0 Å². The molecule has 3 aromatic rings. The third kappa shape index (κ3) is 3.33. The van der Waals surface area contributed by atoms with Crippen LogP contribution in [0.5, 0.6) is 5.75 Å². The lowest BCUT2D eigenvalue weighted by Crippen LogP contribution is -2.43. The highest BCUT2D eigenvalue weighted by atomic mass is 16.5. The van der Waals surface area contributed by atoms with E-state index in [0.717, 1.165) is 58.0 Å². The van der Waals surface area contributed by atoms with Crippen molar-refractivity contribution in [2.75, 3.05) is 26.2 Å². The number of urea groups is 1. The Morgan fingerprint density at radius 1 is 1.06 bits per heavy atom. The van der Waals surface area contributed by atoms with Gasteiger partial charge in [-0.3, -0.25) is 0 Å². The van der Waals surface area contributed by atoms with Gasteiger partial charge in [-0.1, -0.05) is 12.5 Å². The van der Waals surface area contributed by atoms with Gasteiger partial charge in [0.05, 0.1) is 24.1 Å². The minimum Gasteiger partial charge on any atom is -0.491 e. The molecule has 0 bridgehead atoms. The summed E-state index contributed by atoms with van der Waals surface area (Å²) < 4.78 is 6.13. The average molecular weight is 431 g/mol. The van der Waals surface area contributed by atoms with Gasteiger partial charge in [-0.25, -0.2) is 9.78 Å². The first kappa shape index (κ1) is 19.6. The number of amides is 2. The van der Waals surface area contributed by atoms with Crippen molar-refractivity contribution in [2.45, 2.75) is 39.7 Å². The van der Waals surface area contributed by atoms with Gasteiger partial charge in [0.2, 0.25) is 0 Å². The van der Waals surface area contributed by atoms with E-state index in [2.05, 4.69) is 52.1 Å². The number of aromatic amines is 1. The molecule has 1 aromatic heterocycles. The van der Waals surface area contributed by atoms with E-state index in [1.54, 1.807) is 0 Å². The molecule has 2 atom stereocenters. The van der Waals surface area contributed by atoms with Crippen molar-refractivity contribution in [1.82, 2.24) is 19.8 Å². The van der Waals surface area contributed by atoms with E-state index in [1.165, 1.54) is 19.3 Å². The fraction of sp³-hybridized carbons (Fsp3) is 0.462. The molecule has 0 spiro atoms. The van der Waals surface area contributed by atoms with Crippen LogP contribution in [0.3, 0.4) is 0 Å². The summed E-state index contributed by atoms with van der Waals surface area (Å²) in [6, 6.07) is 10.9. The summed E-state index contributed by atoms with van der Waals surface area (Å²) in [6.45, 7) is 7.70. The van der Waals surface area contributed by atoms with E-state index >= 15 is 0 Å². The molecule has 2 fully saturated rings. The van der Waals surface area contributed by atoms with Crippen LogP contribution in [0.25, 0.3) is 22.2 Å². The molecule has 6 rings (SSSR count). The summed E-state index contributed by atoms with van der Waals surface area (Å²) in [5, 5.41) is 0. The minimum absolute atomic E-state index is 0.174. The molecule has 2 aliphatic heterocycles. The summed E-state index contributed by atoms with van der Waals surface area (Å²) >= 11 is 0. The fourth-order valence-corrected chi connectivity index (χ4v) is 5.95. The number of benzene rings is 2. The first-order valence-electron chi connectivity index (χ1n) is 11.8. The van der Waals surface area contributed by atoms with Gasteiger partial charge in [-0.05, 0) is 79.5 Å². The van der Waals surface area contributed by atoms with Crippen LogP contribution >= 0.6 is 0 Å². The summed E-state index contributed by atoms with van der Waals surface area (Å²) in [4.78, 5) is 25.3. The molecule has 1 saturated carbocycles. The van der Waals surface area contributed by atoms with E-state index in [4.69, 9.17) is 4.74 Å². The van der Waals surface area contributed by atoms with Crippen molar-refractivity contribution in [2.24, 2.45) is 11.8 Å². The van der Waals surface area contributed by atoms with Crippen molar-refractivity contribution >= 4 is 17.1 Å². The van der Waals surface area contributed by atoms with E-state index in [1.807, 2.05) is 11.8 Å². The molecule has 2 amide bonds. The number of rotatable bonds is 1. The Kier molecular flexibility index (Phi) is 4.63. The maximum atomic E-state index is 13.4. The highest BCUT2D eigenvalue weighted by Gasteiger charge is 2.39. The van der Waals surface area contributed by atoms with Gasteiger partial charge >= 0.3 is 6.03 Å². The summed E-state index contributed by atoms with van der Waals surface area (Å²) in [5.74, 6) is 3.28. The number of likely N-dealkylation sites (tertiary alicyclic amines) is 1. The molecule has 32 heavy (non-hydrogen) atoms. The molecule has 3 aliphatic rings. The lowest BCUT2D eigenvalue weighted by molar-refractivity contribution is 0.151. The van der Waals surface area contributed by atoms with Crippen molar-refractivity contribution < 1.29 is 9.53 Å². The largest absolute Gasteiger partial charge is 0.491 e. The zero-order valence-corrected chi connectivity index (χ0v) is 18.9. The Balaban J connectivity index is 1.29. The Bertz CT molecular complexity index is 1190. The second-order valence-electron chi connectivity index (χ2n) is 9.74. The smallest absolute Gasteiger partial charge is 0.320 e. The molecule has 0 radical (unpaired) electrons. The lowest BCUT2D eigenvalue weighted by atomic mass is 9.98. The molecule has 1 saturated heterocycles. The number of imidazole rings is 1. The molecule has 1 N–H and O–H groups in total. The highest BCUT2D eigenvalue weighted by Crippen LogP contribution is 2.39. The predicted molar refractivity (Wildman–Crippen MR) is 125 cm³/mol. The van der Waals surface area contributed by atoms with E-state index in [-0.39, 0.29) is 6.03 Å². The molecule has 166 valence electrons. The van der Waals surface area contributed by atoms with Gasteiger partial charge < -0.3 is 19.5 Å². The van der Waals surface area contributed by atoms with Gasteiger partial charge in [0.1, 0.15) is 18.2 Å². The average Bonchev–Trinajstić information content (AvgIpc) is 3.42. The van der Waals surface area contributed by atoms with E-state index in [9.17, 15) is 4.79 Å². The molecular weight excluding hydrogens is 400 g/mol. The minimum atomic E-state index is 0.174. The number of nitrogens with one attached hydrogen (secondary N) is 1. The number of H-pyrrole nitrogens is 1. The molecule has 1 aliphatic carbocycles. The predicted octanol–water partition coefficient (Wildman–Crippen LogP) is 4.89. The van der Waals surface area contributed by atoms with Crippen molar-refractivity contribution in [3.8, 4) is 16.9 Å². The maximum Gasteiger partial charge on any atom is 0.320 e. The standard InChI is InChI=1S/C26H30N4O2/c1-16-10-21(18-6-7-23-24(12-18)28-17(2)27-23)11-22-15-29(8-9-32-25(16)22)26(31)30-13-19-4-3-5-20(19)14-30/h6-7,10-12,19-20H,3-5,8-9,13-15H2,1-2H3,(H,27,28). The van der Waals surface area contributed by atoms with Gasteiger partial charge in [0, 0.05) is 18.7 Å². The van der Waals surface area contributed by atoms with Crippen LogP contribution in [0, 0.1) is 25.7 Å². The van der Waals surface area contributed by atoms with Crippen LogP contribution in [-0.4, -0.2) is 52.0 Å². The van der Waals surface area contributed by atoms with Crippen molar-refractivity contribution in [3.63, 3.8) is 0 Å². The number of aromatic nitrogens is 2. The summed E-state index contributed by atoms with van der Waals surface area (Å²) in [6.07, 6.45) is 3.89. The summed E-state index contributed by atoms with van der Waals surface area (Å²) in [7, 11) is 0. The fourth-order valence-electron chi connectivity index (χ4n) is 5.95. The monoisotopic (exact) mass is 430 g/mol. The lowest BCUT2D eigenvalue weighted by Gasteiger charge is -2.27. The normalized spacial score (nSPS) is 22.6. The topological polar surface area (TPSA) is 61.5 Å². The summed E-state index contributed by atoms with van der Waals surface area (Å²) in [5.41, 5.74) is 6.51. The Morgan fingerprint density at radius 3 is 2.69 bits per heavy atom. The third-order valence-electron chi connectivity index (χ3n) is 7.52. The number of hydrogen-bond acceptors (Lipinski definition) is 3. The SMILES string of the molecule is Cc1nc2ccc(-c3cc(C)c4c(c3)CN(C(=O)N3CC5CCCC5C3)CCO4)cc2[nH]1. The van der Waals surface area contributed by atoms with Crippen molar-refractivity contribution in [3.05, 3.63) is 47.3 Å². The van der Waals surface area contributed by atoms with E-state index < -0.39 is 0 Å². The number of carbonyl (C=O) groups excluding carboxylic acids is 1. The van der Waals surface area contributed by atoms with Crippen LogP contribution in [0.15, 0.2) is 30.3 Å². The molecule has 6 nitrogen and oxygen atoms in total. The van der Waals surface area contributed by atoms with Gasteiger partial charge in [0.25, 0.3) is 0 Å². The Morgan fingerprint density at radius 2 is 1.88 bits per heavy atom. The molecule has 6 heteroatoms. The number of hydrogen-bond donors (Lipinski definition) is 1. The first-order chi connectivity index (χ1) is 15.5. The number of fused-ring (bicyclic) bond motifs is 3. The van der Waals surface area contributed by atoms with Crippen LogP contribution < -0.4 is 4.74 Å². The van der Waals surface area contributed by atoms with Crippen LogP contribution in [-0.2, 0) is 6.54 Å². The highest BCUT2D eigenvalue weighted by molar-refractivity contribution is 5.82.